The number of benzene rings is 2. The normalized spacial score (nSPS) is 21.1. The smallest absolute Gasteiger partial charge is 0.348 e. The Kier molecular flexibility index (Phi) is 6.26. The number of hydrogen-bond acceptors (Lipinski definition) is 6. The molecule has 2 heterocycles. The van der Waals surface area contributed by atoms with E-state index in [1.54, 1.807) is 6.08 Å². The van der Waals surface area contributed by atoms with Gasteiger partial charge in [-0.25, -0.2) is 4.79 Å². The van der Waals surface area contributed by atoms with Crippen LogP contribution in [-0.2, 0) is 19.0 Å². The van der Waals surface area contributed by atoms with E-state index in [-0.39, 0.29) is 18.3 Å². The topological polar surface area (TPSA) is 71.8 Å². The maximum Gasteiger partial charge on any atom is 0.348 e. The maximum atomic E-state index is 12.4. The summed E-state index contributed by atoms with van der Waals surface area (Å²) in [6, 6.07) is 14.3. The predicted molar refractivity (Wildman–Crippen MR) is 119 cm³/mol. The number of carbonyl (C=O) groups excluding carboxylic acids is 1. The minimum Gasteiger partial charge on any atom is -0.459 e. The van der Waals surface area contributed by atoms with Gasteiger partial charge < -0.3 is 19.1 Å². The molecular weight excluding hydrogens is 392 g/mol. The van der Waals surface area contributed by atoms with E-state index >= 15 is 0 Å². The molecule has 2 aromatic rings. The van der Waals surface area contributed by atoms with Crippen molar-refractivity contribution in [2.45, 2.75) is 45.0 Å². The van der Waals surface area contributed by atoms with Crippen molar-refractivity contribution in [1.82, 2.24) is 0 Å². The van der Waals surface area contributed by atoms with Crippen LogP contribution in [0.2, 0.25) is 0 Å². The van der Waals surface area contributed by atoms with E-state index in [0.29, 0.717) is 6.61 Å². The quantitative estimate of drug-likeness (QED) is 0.405. The van der Waals surface area contributed by atoms with Crippen LogP contribution in [-0.4, -0.2) is 44.2 Å². The van der Waals surface area contributed by atoms with Crippen molar-refractivity contribution in [3.8, 4) is 6.07 Å². The van der Waals surface area contributed by atoms with E-state index in [1.807, 2.05) is 38.1 Å². The van der Waals surface area contributed by atoms with Gasteiger partial charge in [-0.05, 0) is 73.7 Å². The molecule has 6 heteroatoms. The number of carbonyl (C=O) groups is 1. The van der Waals surface area contributed by atoms with Gasteiger partial charge >= 0.3 is 5.97 Å². The third-order valence-electron chi connectivity index (χ3n) is 5.69. The SMILES string of the molecule is CC1(C)OCC(COC(=O)C(C#N)=Cc2ccc3cc(N4CCCCC4)ccc3c2)O1. The number of esters is 1. The molecule has 0 bridgehead atoms. The number of fused-ring (bicyclic) bond motifs is 1. The van der Waals surface area contributed by atoms with Crippen LogP contribution in [0.15, 0.2) is 42.0 Å². The maximum absolute atomic E-state index is 12.4. The molecule has 0 radical (unpaired) electrons. The number of nitrogens with zero attached hydrogens (tertiary/aromatic N) is 2. The monoisotopic (exact) mass is 420 g/mol. The summed E-state index contributed by atoms with van der Waals surface area (Å²) in [5.74, 6) is -1.33. The van der Waals surface area contributed by atoms with Crippen LogP contribution in [0, 0.1) is 11.3 Å². The molecule has 2 fully saturated rings. The third-order valence-corrected chi connectivity index (χ3v) is 5.69. The van der Waals surface area contributed by atoms with Crippen molar-refractivity contribution in [3.05, 3.63) is 47.5 Å². The van der Waals surface area contributed by atoms with Gasteiger partial charge in [-0.15, -0.1) is 0 Å². The van der Waals surface area contributed by atoms with Crippen molar-refractivity contribution in [3.63, 3.8) is 0 Å². The van der Waals surface area contributed by atoms with Gasteiger partial charge in [0.25, 0.3) is 0 Å². The lowest BCUT2D eigenvalue weighted by Crippen LogP contribution is -2.29. The molecule has 0 aromatic heterocycles. The van der Waals surface area contributed by atoms with Gasteiger partial charge in [-0.1, -0.05) is 18.2 Å². The summed E-state index contributed by atoms with van der Waals surface area (Å²) in [5.41, 5.74) is 1.99. The molecule has 1 atom stereocenters. The number of nitriles is 1. The fraction of sp³-hybridized carbons (Fsp3) is 0.440. The number of anilines is 1. The highest BCUT2D eigenvalue weighted by Gasteiger charge is 2.33. The zero-order valence-corrected chi connectivity index (χ0v) is 18.1. The lowest BCUT2D eigenvalue weighted by Gasteiger charge is -2.29. The van der Waals surface area contributed by atoms with Crippen LogP contribution in [0.1, 0.15) is 38.7 Å². The molecule has 1 unspecified atom stereocenters. The standard InChI is InChI=1S/C25H28N2O4/c1-25(2)30-17-23(31-25)16-29-24(28)21(15-26)13-18-6-7-20-14-22(9-8-19(20)12-18)27-10-4-3-5-11-27/h6-9,12-14,23H,3-5,10-11,16-17H2,1-2H3. The van der Waals surface area contributed by atoms with Gasteiger partial charge in [-0.2, -0.15) is 5.26 Å². The van der Waals surface area contributed by atoms with E-state index in [0.717, 1.165) is 29.4 Å². The number of ether oxygens (including phenoxy) is 3. The largest absolute Gasteiger partial charge is 0.459 e. The van der Waals surface area contributed by atoms with E-state index in [9.17, 15) is 10.1 Å². The molecule has 162 valence electrons. The third kappa shape index (κ3) is 5.25. The van der Waals surface area contributed by atoms with Crippen LogP contribution in [0.4, 0.5) is 5.69 Å². The van der Waals surface area contributed by atoms with Crippen LogP contribution < -0.4 is 4.90 Å². The summed E-state index contributed by atoms with van der Waals surface area (Å²) in [6.07, 6.45) is 5.03. The Labute approximate surface area is 183 Å². The molecule has 2 saturated heterocycles. The molecule has 2 aliphatic heterocycles. The Hall–Kier alpha value is -2.88. The van der Waals surface area contributed by atoms with E-state index in [2.05, 4.69) is 23.1 Å². The Balaban J connectivity index is 1.45. The summed E-state index contributed by atoms with van der Waals surface area (Å²) >= 11 is 0. The van der Waals surface area contributed by atoms with E-state index in [4.69, 9.17) is 14.2 Å². The first-order valence-electron chi connectivity index (χ1n) is 10.8. The molecule has 0 saturated carbocycles. The molecule has 31 heavy (non-hydrogen) atoms. The van der Waals surface area contributed by atoms with Crippen LogP contribution in [0.3, 0.4) is 0 Å². The number of hydrogen-bond donors (Lipinski definition) is 0. The Morgan fingerprint density at radius 3 is 2.65 bits per heavy atom. The van der Waals surface area contributed by atoms with Crippen molar-refractivity contribution in [1.29, 1.82) is 5.26 Å². The highest BCUT2D eigenvalue weighted by molar-refractivity contribution is 5.98. The first-order chi connectivity index (χ1) is 14.9. The molecule has 2 aliphatic rings. The molecule has 6 nitrogen and oxygen atoms in total. The summed E-state index contributed by atoms with van der Waals surface area (Å²) in [4.78, 5) is 14.8. The molecule has 0 amide bonds. The molecule has 0 N–H and O–H groups in total. The Bertz CT molecular complexity index is 1030. The zero-order valence-electron chi connectivity index (χ0n) is 18.1. The van der Waals surface area contributed by atoms with Gasteiger partial charge in [0.2, 0.25) is 0 Å². The second kappa shape index (κ2) is 9.09. The van der Waals surface area contributed by atoms with Crippen molar-refractivity contribution < 1.29 is 19.0 Å². The zero-order chi connectivity index (χ0) is 21.8. The molecule has 0 spiro atoms. The van der Waals surface area contributed by atoms with Crippen LogP contribution in [0.5, 0.6) is 0 Å². The minimum atomic E-state index is -0.677. The highest BCUT2D eigenvalue weighted by atomic mass is 16.7. The lowest BCUT2D eigenvalue weighted by molar-refractivity contribution is -0.155. The van der Waals surface area contributed by atoms with Crippen molar-refractivity contribution in [2.24, 2.45) is 0 Å². The average molecular weight is 421 g/mol. The second-order valence-corrected chi connectivity index (χ2v) is 8.56. The summed E-state index contributed by atoms with van der Waals surface area (Å²) in [6.45, 7) is 6.24. The average Bonchev–Trinajstić information content (AvgIpc) is 3.14. The van der Waals surface area contributed by atoms with Gasteiger partial charge in [0, 0.05) is 18.8 Å². The molecule has 4 rings (SSSR count). The van der Waals surface area contributed by atoms with Gasteiger partial charge in [0.1, 0.15) is 24.4 Å². The Morgan fingerprint density at radius 1 is 1.19 bits per heavy atom. The van der Waals surface area contributed by atoms with Crippen LogP contribution in [0.25, 0.3) is 16.8 Å². The van der Waals surface area contributed by atoms with Gasteiger partial charge in [0.15, 0.2) is 5.79 Å². The predicted octanol–water partition coefficient (Wildman–Crippen LogP) is 4.43. The lowest BCUT2D eigenvalue weighted by atomic mass is 10.0. The number of piperidine rings is 1. The molecular formula is C25H28N2O4. The Morgan fingerprint density at radius 2 is 1.94 bits per heavy atom. The number of rotatable bonds is 5. The molecule has 2 aromatic carbocycles. The summed E-state index contributed by atoms with van der Waals surface area (Å²) in [5, 5.41) is 11.7. The van der Waals surface area contributed by atoms with Crippen molar-refractivity contribution >= 4 is 28.5 Å². The highest BCUT2D eigenvalue weighted by Crippen LogP contribution is 2.26. The first-order valence-corrected chi connectivity index (χ1v) is 10.8. The minimum absolute atomic E-state index is 0.0394. The van der Waals surface area contributed by atoms with E-state index < -0.39 is 11.8 Å². The van der Waals surface area contributed by atoms with Gasteiger partial charge in [0.05, 0.1) is 6.61 Å². The molecule has 0 aliphatic carbocycles. The second-order valence-electron chi connectivity index (χ2n) is 8.56. The summed E-state index contributed by atoms with van der Waals surface area (Å²) in [7, 11) is 0. The van der Waals surface area contributed by atoms with E-state index in [1.165, 1.54) is 24.9 Å². The van der Waals surface area contributed by atoms with Crippen molar-refractivity contribution in [2.75, 3.05) is 31.2 Å². The first kappa shape index (κ1) is 21.4. The van der Waals surface area contributed by atoms with Gasteiger partial charge in [-0.3, -0.25) is 0 Å². The summed E-state index contributed by atoms with van der Waals surface area (Å²) < 4.78 is 16.4. The fourth-order valence-electron chi connectivity index (χ4n) is 4.09. The van der Waals surface area contributed by atoms with Crippen LogP contribution >= 0.6 is 0 Å². The fourth-order valence-corrected chi connectivity index (χ4v) is 4.09.